The highest BCUT2D eigenvalue weighted by atomic mass is 16.4. The van der Waals surface area contributed by atoms with Crippen molar-refractivity contribution in [3.05, 3.63) is 34.9 Å². The maximum absolute atomic E-state index is 10.7. The molecule has 15 heavy (non-hydrogen) atoms. The smallest absolute Gasteiger partial charge is 0.337 e. The van der Waals surface area contributed by atoms with Gasteiger partial charge in [-0.1, -0.05) is 6.07 Å². The molecule has 0 atom stereocenters. The predicted molar refractivity (Wildman–Crippen MR) is 46.2 cm³/mol. The van der Waals surface area contributed by atoms with E-state index >= 15 is 0 Å². The highest BCUT2D eigenvalue weighted by molar-refractivity contribution is 6.08. The van der Waals surface area contributed by atoms with Gasteiger partial charge in [-0.05, 0) is 12.1 Å². The Balaban J connectivity index is 3.56. The fourth-order valence-electron chi connectivity index (χ4n) is 1.07. The lowest BCUT2D eigenvalue weighted by Gasteiger charge is -2.03. The van der Waals surface area contributed by atoms with Crippen LogP contribution in [0.1, 0.15) is 31.1 Å². The number of aromatic carboxylic acids is 3. The summed E-state index contributed by atoms with van der Waals surface area (Å²) in [6, 6.07) is 4.21. The Labute approximate surface area is 83.4 Å². The summed E-state index contributed by atoms with van der Waals surface area (Å²) < 4.78 is 0. The third-order valence-corrected chi connectivity index (χ3v) is 1.66. The molecule has 0 aliphatic rings. The van der Waals surface area contributed by atoms with Crippen molar-refractivity contribution >= 4 is 17.9 Å². The van der Waals surface area contributed by atoms with Crippen LogP contribution in [0.25, 0.3) is 0 Å². The number of carboxylic acid groups (broad SMARTS) is 3. The first-order valence-electron chi connectivity index (χ1n) is 3.69. The van der Waals surface area contributed by atoms with Crippen molar-refractivity contribution in [2.24, 2.45) is 0 Å². The van der Waals surface area contributed by atoms with Crippen molar-refractivity contribution in [2.75, 3.05) is 0 Å². The number of rotatable bonds is 3. The third-order valence-electron chi connectivity index (χ3n) is 1.66. The van der Waals surface area contributed by atoms with Crippen LogP contribution in [0.15, 0.2) is 12.1 Å². The lowest BCUT2D eigenvalue weighted by molar-refractivity contribution is 0.0633. The Hall–Kier alpha value is -2.37. The highest BCUT2D eigenvalue weighted by Gasteiger charge is 2.23. The van der Waals surface area contributed by atoms with Crippen molar-refractivity contribution in [1.29, 1.82) is 0 Å². The lowest BCUT2D eigenvalue weighted by atomic mass is 10.0. The molecule has 1 radical (unpaired) electrons. The molecular formula is C9H5O6. The van der Waals surface area contributed by atoms with Gasteiger partial charge in [0.05, 0.1) is 16.7 Å². The molecular weight excluding hydrogens is 204 g/mol. The van der Waals surface area contributed by atoms with E-state index in [4.69, 9.17) is 15.3 Å². The normalized spacial score (nSPS) is 9.60. The number of benzene rings is 1. The fourth-order valence-corrected chi connectivity index (χ4v) is 1.07. The van der Waals surface area contributed by atoms with Crippen molar-refractivity contribution < 1.29 is 29.7 Å². The first kappa shape index (κ1) is 10.7. The lowest BCUT2D eigenvalue weighted by Crippen LogP contribution is -2.14. The maximum Gasteiger partial charge on any atom is 0.337 e. The van der Waals surface area contributed by atoms with Crippen LogP contribution in [0.5, 0.6) is 0 Å². The van der Waals surface area contributed by atoms with Crippen LogP contribution in [-0.4, -0.2) is 33.2 Å². The van der Waals surface area contributed by atoms with Gasteiger partial charge < -0.3 is 15.3 Å². The van der Waals surface area contributed by atoms with E-state index in [2.05, 4.69) is 6.07 Å². The summed E-state index contributed by atoms with van der Waals surface area (Å²) in [5, 5.41) is 26.0. The summed E-state index contributed by atoms with van der Waals surface area (Å²) in [4.78, 5) is 31.9. The van der Waals surface area contributed by atoms with E-state index in [-0.39, 0.29) is 0 Å². The topological polar surface area (TPSA) is 112 Å². The first-order chi connectivity index (χ1) is 6.95. The summed E-state index contributed by atoms with van der Waals surface area (Å²) in [5.74, 6) is -4.64. The molecule has 1 aromatic carbocycles. The van der Waals surface area contributed by atoms with Crippen LogP contribution in [0.3, 0.4) is 0 Å². The van der Waals surface area contributed by atoms with Gasteiger partial charge in [0.15, 0.2) is 0 Å². The summed E-state index contributed by atoms with van der Waals surface area (Å²) in [5.41, 5.74) is -2.00. The zero-order chi connectivity index (χ0) is 11.6. The SMILES string of the molecule is O=C(O)c1[c]ccc(C(=O)O)c1C(=O)O. The Morgan fingerprint density at radius 3 is 2.00 bits per heavy atom. The second kappa shape index (κ2) is 3.79. The zero-order valence-electron chi connectivity index (χ0n) is 7.22. The maximum atomic E-state index is 10.7. The van der Waals surface area contributed by atoms with Crippen LogP contribution < -0.4 is 0 Å². The summed E-state index contributed by atoms with van der Waals surface area (Å²) in [7, 11) is 0. The minimum absolute atomic E-state index is 0.571. The molecule has 0 aliphatic carbocycles. The molecule has 0 heterocycles. The first-order valence-corrected chi connectivity index (χ1v) is 3.69. The molecule has 0 spiro atoms. The standard InChI is InChI=1S/C9H5O6/c10-7(11)4-2-1-3-5(8(12)13)6(4)9(14)15/h1-2H,(H,10,11)(H,12,13)(H,14,15). The highest BCUT2D eigenvalue weighted by Crippen LogP contribution is 2.14. The molecule has 3 N–H and O–H groups in total. The second-order valence-corrected chi connectivity index (χ2v) is 2.56. The van der Waals surface area contributed by atoms with Crippen molar-refractivity contribution in [2.45, 2.75) is 0 Å². The monoisotopic (exact) mass is 209 g/mol. The van der Waals surface area contributed by atoms with Crippen LogP contribution >= 0.6 is 0 Å². The van der Waals surface area contributed by atoms with Gasteiger partial charge in [-0.2, -0.15) is 0 Å². The van der Waals surface area contributed by atoms with E-state index in [9.17, 15) is 14.4 Å². The minimum atomic E-state index is -1.61. The van der Waals surface area contributed by atoms with Crippen LogP contribution in [0.4, 0.5) is 0 Å². The second-order valence-electron chi connectivity index (χ2n) is 2.56. The van der Waals surface area contributed by atoms with E-state index in [1.807, 2.05) is 0 Å². The van der Waals surface area contributed by atoms with E-state index < -0.39 is 34.6 Å². The molecule has 77 valence electrons. The van der Waals surface area contributed by atoms with Gasteiger partial charge in [0.25, 0.3) is 0 Å². The van der Waals surface area contributed by atoms with Crippen LogP contribution in [-0.2, 0) is 0 Å². The summed E-state index contributed by atoms with van der Waals surface area (Å²) in [6.07, 6.45) is 0. The average molecular weight is 209 g/mol. The number of hydrogen-bond donors (Lipinski definition) is 3. The van der Waals surface area contributed by atoms with Gasteiger partial charge in [-0.15, -0.1) is 0 Å². The molecule has 6 nitrogen and oxygen atoms in total. The van der Waals surface area contributed by atoms with Gasteiger partial charge in [-0.25, -0.2) is 14.4 Å². The molecule has 1 aromatic rings. The molecule has 0 aromatic heterocycles. The molecule has 6 heteroatoms. The van der Waals surface area contributed by atoms with Crippen molar-refractivity contribution in [3.8, 4) is 0 Å². The molecule has 0 fully saturated rings. The molecule has 0 amide bonds. The van der Waals surface area contributed by atoms with E-state index in [1.165, 1.54) is 0 Å². The minimum Gasteiger partial charge on any atom is -0.478 e. The molecule has 0 saturated heterocycles. The molecule has 0 unspecified atom stereocenters. The Kier molecular flexibility index (Phi) is 2.70. The van der Waals surface area contributed by atoms with Gasteiger partial charge in [0.1, 0.15) is 0 Å². The Bertz CT molecular complexity index is 416. The summed E-state index contributed by atoms with van der Waals surface area (Å²) >= 11 is 0. The number of carboxylic acids is 3. The zero-order valence-corrected chi connectivity index (χ0v) is 7.22. The van der Waals surface area contributed by atoms with Crippen molar-refractivity contribution in [1.82, 2.24) is 0 Å². The van der Waals surface area contributed by atoms with E-state index in [0.29, 0.717) is 0 Å². The molecule has 0 saturated carbocycles. The van der Waals surface area contributed by atoms with Gasteiger partial charge >= 0.3 is 17.9 Å². The van der Waals surface area contributed by atoms with Crippen LogP contribution in [0.2, 0.25) is 0 Å². The quantitative estimate of drug-likeness (QED) is 0.671. The Morgan fingerprint density at radius 1 is 1.00 bits per heavy atom. The van der Waals surface area contributed by atoms with Crippen LogP contribution in [0, 0.1) is 6.07 Å². The average Bonchev–Trinajstić information content (AvgIpc) is 2.16. The number of hydrogen-bond acceptors (Lipinski definition) is 3. The van der Waals surface area contributed by atoms with E-state index in [0.717, 1.165) is 12.1 Å². The molecule has 0 aliphatic heterocycles. The number of carbonyl (C=O) groups is 3. The largest absolute Gasteiger partial charge is 0.478 e. The predicted octanol–water partition coefficient (Wildman–Crippen LogP) is 0.581. The van der Waals surface area contributed by atoms with E-state index in [1.54, 1.807) is 0 Å². The molecule has 1 rings (SSSR count). The molecule has 0 bridgehead atoms. The van der Waals surface area contributed by atoms with Crippen molar-refractivity contribution in [3.63, 3.8) is 0 Å². The summed E-state index contributed by atoms with van der Waals surface area (Å²) in [6.45, 7) is 0. The fraction of sp³-hybridized carbons (Fsp3) is 0. The Morgan fingerprint density at radius 2 is 1.60 bits per heavy atom. The van der Waals surface area contributed by atoms with Gasteiger partial charge in [0.2, 0.25) is 0 Å². The van der Waals surface area contributed by atoms with Gasteiger partial charge in [-0.3, -0.25) is 0 Å². The third kappa shape index (κ3) is 1.93. The van der Waals surface area contributed by atoms with Gasteiger partial charge in [0, 0.05) is 0 Å².